The first-order valence-corrected chi connectivity index (χ1v) is 10.8. The maximum Gasteiger partial charge on any atom is 0.240 e. The van der Waals surface area contributed by atoms with Gasteiger partial charge in [0.05, 0.1) is 24.1 Å². The number of nitrogens with zero attached hydrogens (tertiary/aromatic N) is 1. The summed E-state index contributed by atoms with van der Waals surface area (Å²) in [5.74, 6) is -0.322. The molecule has 2 aromatic rings. The van der Waals surface area contributed by atoms with Gasteiger partial charge in [0.15, 0.2) is 0 Å². The topological polar surface area (TPSA) is 75.7 Å². The van der Waals surface area contributed by atoms with Crippen LogP contribution in [-0.4, -0.2) is 40.8 Å². The van der Waals surface area contributed by atoms with Crippen molar-refractivity contribution < 1.29 is 22.3 Å². The minimum atomic E-state index is -3.69. The minimum Gasteiger partial charge on any atom is -0.495 e. The van der Waals surface area contributed by atoms with E-state index in [1.807, 2.05) is 0 Å². The zero-order chi connectivity index (χ0) is 20.7. The van der Waals surface area contributed by atoms with Crippen LogP contribution in [0.2, 0.25) is 5.02 Å². The van der Waals surface area contributed by atoms with Gasteiger partial charge in [-0.15, -0.1) is 0 Å². The lowest BCUT2D eigenvalue weighted by Gasteiger charge is -2.22. The van der Waals surface area contributed by atoms with E-state index < -0.39 is 15.9 Å². The Morgan fingerprint density at radius 1 is 1.21 bits per heavy atom. The molecule has 0 aromatic heterocycles. The number of hydrogen-bond acceptors (Lipinski definition) is 4. The third-order valence-corrected chi connectivity index (χ3v) is 5.42. The fourth-order valence-corrected chi connectivity index (χ4v) is 3.67. The molecule has 0 radical (unpaired) electrons. The second-order valence-electron chi connectivity index (χ2n) is 6.17. The number of methoxy groups -OCH3 is 1. The number of ether oxygens (including phenoxy) is 1. The van der Waals surface area contributed by atoms with Crippen LogP contribution in [0.5, 0.6) is 5.75 Å². The SMILES string of the molecule is COc1ccc(N(CC(=O)NCCCc2ccc(F)cc2)S(C)(=O)=O)cc1Cl. The molecule has 0 aliphatic rings. The Hall–Kier alpha value is -2.32. The quantitative estimate of drug-likeness (QED) is 0.623. The smallest absolute Gasteiger partial charge is 0.240 e. The summed E-state index contributed by atoms with van der Waals surface area (Å²) < 4.78 is 43.1. The average molecular weight is 429 g/mol. The van der Waals surface area contributed by atoms with Crippen molar-refractivity contribution in [2.24, 2.45) is 0 Å². The normalized spacial score (nSPS) is 11.1. The molecule has 0 aliphatic heterocycles. The fraction of sp³-hybridized carbons (Fsp3) is 0.316. The fourth-order valence-electron chi connectivity index (χ4n) is 2.57. The van der Waals surface area contributed by atoms with Gasteiger partial charge in [0.25, 0.3) is 0 Å². The summed E-state index contributed by atoms with van der Waals surface area (Å²) in [5, 5.41) is 2.94. The molecule has 0 unspecified atom stereocenters. The molecule has 152 valence electrons. The number of carbonyl (C=O) groups is 1. The van der Waals surface area contributed by atoms with Crippen LogP contribution in [0.15, 0.2) is 42.5 Å². The van der Waals surface area contributed by atoms with Crippen molar-refractivity contribution in [1.82, 2.24) is 5.32 Å². The lowest BCUT2D eigenvalue weighted by Crippen LogP contribution is -2.40. The molecule has 9 heteroatoms. The molecule has 1 amide bonds. The van der Waals surface area contributed by atoms with Gasteiger partial charge in [-0.2, -0.15) is 0 Å². The lowest BCUT2D eigenvalue weighted by molar-refractivity contribution is -0.119. The van der Waals surface area contributed by atoms with E-state index in [1.54, 1.807) is 12.1 Å². The Kier molecular flexibility index (Phi) is 7.65. The first kappa shape index (κ1) is 22.0. The van der Waals surface area contributed by atoms with Crippen LogP contribution >= 0.6 is 11.6 Å². The summed E-state index contributed by atoms with van der Waals surface area (Å²) >= 11 is 6.06. The number of anilines is 1. The van der Waals surface area contributed by atoms with Crippen LogP contribution in [0.25, 0.3) is 0 Å². The zero-order valence-corrected chi connectivity index (χ0v) is 17.2. The van der Waals surface area contributed by atoms with Crippen LogP contribution in [-0.2, 0) is 21.2 Å². The standard InChI is InChI=1S/C19H22ClFN2O4S/c1-27-18-10-9-16(12-17(18)20)23(28(2,25)26)13-19(24)22-11-3-4-14-5-7-15(21)8-6-14/h5-10,12H,3-4,11,13H2,1-2H3,(H,22,24). The van der Waals surface area contributed by atoms with E-state index in [0.717, 1.165) is 16.1 Å². The van der Waals surface area contributed by atoms with E-state index in [0.29, 0.717) is 25.1 Å². The van der Waals surface area contributed by atoms with E-state index in [4.69, 9.17) is 16.3 Å². The highest BCUT2D eigenvalue weighted by atomic mass is 35.5. The molecule has 0 aliphatic carbocycles. The summed E-state index contributed by atoms with van der Waals surface area (Å²) in [6, 6.07) is 10.6. The van der Waals surface area contributed by atoms with E-state index in [-0.39, 0.29) is 23.1 Å². The largest absolute Gasteiger partial charge is 0.495 e. The number of sulfonamides is 1. The van der Waals surface area contributed by atoms with Gasteiger partial charge in [-0.3, -0.25) is 9.10 Å². The second-order valence-corrected chi connectivity index (χ2v) is 8.48. The molecule has 0 spiro atoms. The maximum atomic E-state index is 12.9. The maximum absolute atomic E-state index is 12.9. The third kappa shape index (κ3) is 6.38. The molecule has 2 aromatic carbocycles. The second kappa shape index (κ2) is 9.75. The van der Waals surface area contributed by atoms with Crippen LogP contribution in [0.4, 0.5) is 10.1 Å². The highest BCUT2D eigenvalue weighted by Crippen LogP contribution is 2.30. The number of benzene rings is 2. The van der Waals surface area contributed by atoms with Crippen LogP contribution < -0.4 is 14.4 Å². The van der Waals surface area contributed by atoms with Crippen molar-refractivity contribution in [1.29, 1.82) is 0 Å². The summed E-state index contributed by atoms with van der Waals surface area (Å²) in [7, 11) is -2.24. The van der Waals surface area contributed by atoms with Gasteiger partial charge in [-0.25, -0.2) is 12.8 Å². The van der Waals surface area contributed by atoms with Crippen molar-refractivity contribution in [3.8, 4) is 5.75 Å². The predicted octanol–water partition coefficient (Wildman–Crippen LogP) is 3.00. The first-order chi connectivity index (χ1) is 13.2. The number of nitrogens with one attached hydrogen (secondary N) is 1. The zero-order valence-electron chi connectivity index (χ0n) is 15.6. The number of halogens is 2. The lowest BCUT2D eigenvalue weighted by atomic mass is 10.1. The number of rotatable bonds is 9. The van der Waals surface area contributed by atoms with Crippen molar-refractivity contribution in [2.75, 3.05) is 30.8 Å². The highest BCUT2D eigenvalue weighted by molar-refractivity contribution is 7.92. The molecule has 0 heterocycles. The van der Waals surface area contributed by atoms with E-state index >= 15 is 0 Å². The molecule has 0 bridgehead atoms. The summed E-state index contributed by atoms with van der Waals surface area (Å²) in [6.07, 6.45) is 2.34. The summed E-state index contributed by atoms with van der Waals surface area (Å²) in [4.78, 5) is 12.2. The molecule has 0 saturated heterocycles. The molecule has 1 N–H and O–H groups in total. The molecule has 6 nitrogen and oxygen atoms in total. The van der Waals surface area contributed by atoms with E-state index in [9.17, 15) is 17.6 Å². The van der Waals surface area contributed by atoms with Gasteiger partial charge in [-0.1, -0.05) is 23.7 Å². The van der Waals surface area contributed by atoms with Gasteiger partial charge in [-0.05, 0) is 48.7 Å². The van der Waals surface area contributed by atoms with Gasteiger partial charge < -0.3 is 10.1 Å². The molecule has 0 atom stereocenters. The molecular formula is C19H22ClFN2O4S. The molecule has 0 fully saturated rings. The van der Waals surface area contributed by atoms with Gasteiger partial charge in [0.2, 0.25) is 15.9 Å². The molecule has 28 heavy (non-hydrogen) atoms. The third-order valence-electron chi connectivity index (χ3n) is 3.99. The minimum absolute atomic E-state index is 0.244. The Morgan fingerprint density at radius 3 is 2.46 bits per heavy atom. The Morgan fingerprint density at radius 2 is 1.89 bits per heavy atom. The summed E-state index contributed by atoms with van der Waals surface area (Å²) in [5.41, 5.74) is 1.23. The first-order valence-electron chi connectivity index (χ1n) is 8.53. The predicted molar refractivity (Wildman–Crippen MR) is 108 cm³/mol. The Labute approximate surface area is 169 Å². The van der Waals surface area contributed by atoms with Crippen molar-refractivity contribution >= 4 is 33.2 Å². The van der Waals surface area contributed by atoms with E-state index in [2.05, 4.69) is 5.32 Å². The van der Waals surface area contributed by atoms with Gasteiger partial charge >= 0.3 is 0 Å². The molecule has 2 rings (SSSR count). The Bertz CT molecular complexity index is 920. The molecular weight excluding hydrogens is 407 g/mol. The molecule has 0 saturated carbocycles. The van der Waals surface area contributed by atoms with Crippen LogP contribution in [0, 0.1) is 5.82 Å². The number of amides is 1. The van der Waals surface area contributed by atoms with Crippen molar-refractivity contribution in [2.45, 2.75) is 12.8 Å². The summed E-state index contributed by atoms with van der Waals surface area (Å²) in [6.45, 7) is 0.00915. The van der Waals surface area contributed by atoms with Crippen LogP contribution in [0.1, 0.15) is 12.0 Å². The number of hydrogen-bond donors (Lipinski definition) is 1. The average Bonchev–Trinajstić information content (AvgIpc) is 2.64. The number of aryl methyl sites for hydroxylation is 1. The van der Waals surface area contributed by atoms with Crippen molar-refractivity contribution in [3.63, 3.8) is 0 Å². The van der Waals surface area contributed by atoms with Gasteiger partial charge in [0.1, 0.15) is 18.1 Å². The van der Waals surface area contributed by atoms with Gasteiger partial charge in [0, 0.05) is 6.54 Å². The monoisotopic (exact) mass is 428 g/mol. The number of carbonyl (C=O) groups excluding carboxylic acids is 1. The van der Waals surface area contributed by atoms with E-state index in [1.165, 1.54) is 37.4 Å². The van der Waals surface area contributed by atoms with Crippen molar-refractivity contribution in [3.05, 3.63) is 58.9 Å². The highest BCUT2D eigenvalue weighted by Gasteiger charge is 2.21. The van der Waals surface area contributed by atoms with Crippen LogP contribution in [0.3, 0.4) is 0 Å². The Balaban J connectivity index is 1.94.